The summed E-state index contributed by atoms with van der Waals surface area (Å²) in [6, 6.07) is 18.4. The summed E-state index contributed by atoms with van der Waals surface area (Å²) in [5.41, 5.74) is 5.70. The average molecular weight is 441 g/mol. The summed E-state index contributed by atoms with van der Waals surface area (Å²) in [5, 5.41) is 8.69. The molecule has 2 aliphatic heterocycles. The van der Waals surface area contributed by atoms with Crippen molar-refractivity contribution in [3.8, 4) is 0 Å². The number of fused-ring (bicyclic) bond motifs is 2. The van der Waals surface area contributed by atoms with Gasteiger partial charge in [-0.25, -0.2) is 0 Å². The lowest BCUT2D eigenvalue weighted by molar-refractivity contribution is -0.126. The highest BCUT2D eigenvalue weighted by molar-refractivity contribution is 6.01. The first-order chi connectivity index (χ1) is 15.9. The molecule has 0 spiro atoms. The van der Waals surface area contributed by atoms with Crippen molar-refractivity contribution in [3.63, 3.8) is 0 Å². The van der Waals surface area contributed by atoms with Gasteiger partial charge >= 0.3 is 0 Å². The van der Waals surface area contributed by atoms with Gasteiger partial charge in [0.2, 0.25) is 5.91 Å². The van der Waals surface area contributed by atoms with Gasteiger partial charge in [-0.15, -0.1) is 0 Å². The number of nitrogens with one attached hydrogen (secondary N) is 2. The van der Waals surface area contributed by atoms with Gasteiger partial charge in [-0.05, 0) is 71.1 Å². The van der Waals surface area contributed by atoms with Crippen LogP contribution in [0.1, 0.15) is 34.3 Å². The molecule has 168 valence electrons. The van der Waals surface area contributed by atoms with Crippen LogP contribution in [0.2, 0.25) is 0 Å². The first-order valence-electron chi connectivity index (χ1n) is 11.3. The number of carbonyl (C=O) groups excluding carboxylic acids is 2. The minimum absolute atomic E-state index is 0.0733. The van der Waals surface area contributed by atoms with Crippen molar-refractivity contribution in [2.24, 2.45) is 0 Å². The van der Waals surface area contributed by atoms with E-state index in [2.05, 4.69) is 58.5 Å². The number of benzene rings is 3. The number of carbonyl (C=O) groups is 2. The molecule has 2 N–H and O–H groups in total. The molecule has 1 unspecified atom stereocenters. The molecule has 0 aliphatic carbocycles. The molecule has 2 heterocycles. The minimum Gasteiger partial charge on any atom is -0.381 e. The Hall–Kier alpha value is -3.80. The number of rotatable bonds is 5. The van der Waals surface area contributed by atoms with Gasteiger partial charge < -0.3 is 20.4 Å². The Morgan fingerprint density at radius 1 is 1.06 bits per heavy atom. The summed E-state index contributed by atoms with van der Waals surface area (Å²) in [6.45, 7) is 4.97. The van der Waals surface area contributed by atoms with Crippen molar-refractivity contribution in [1.82, 2.24) is 10.2 Å². The van der Waals surface area contributed by atoms with E-state index < -0.39 is 6.04 Å². The Bertz CT molecular complexity index is 1280. The molecule has 6 nitrogen and oxygen atoms in total. The Morgan fingerprint density at radius 3 is 2.64 bits per heavy atom. The van der Waals surface area contributed by atoms with Crippen molar-refractivity contribution in [2.45, 2.75) is 32.0 Å². The zero-order chi connectivity index (χ0) is 23.1. The molecule has 2 aliphatic rings. The molecule has 33 heavy (non-hydrogen) atoms. The molecule has 3 aromatic rings. The monoisotopic (exact) mass is 440 g/mol. The van der Waals surface area contributed by atoms with Crippen molar-refractivity contribution < 1.29 is 9.59 Å². The molecule has 1 saturated heterocycles. The van der Waals surface area contributed by atoms with Crippen LogP contribution in [0.3, 0.4) is 0 Å². The van der Waals surface area contributed by atoms with Gasteiger partial charge in [-0.3, -0.25) is 9.59 Å². The van der Waals surface area contributed by atoms with Gasteiger partial charge in [0.1, 0.15) is 6.04 Å². The third-order valence-corrected chi connectivity index (χ3v) is 6.54. The quantitative estimate of drug-likeness (QED) is 0.622. The van der Waals surface area contributed by atoms with E-state index in [0.717, 1.165) is 16.9 Å². The van der Waals surface area contributed by atoms with Gasteiger partial charge in [0, 0.05) is 49.8 Å². The Labute approximate surface area is 193 Å². The third kappa shape index (κ3) is 4.04. The molecule has 5 rings (SSSR count). The number of anilines is 2. The van der Waals surface area contributed by atoms with Gasteiger partial charge in [-0.2, -0.15) is 0 Å². The highest BCUT2D eigenvalue weighted by Crippen LogP contribution is 2.30. The largest absolute Gasteiger partial charge is 0.381 e. The molecule has 6 heteroatoms. The van der Waals surface area contributed by atoms with E-state index in [1.165, 1.54) is 22.0 Å². The van der Waals surface area contributed by atoms with E-state index in [4.69, 9.17) is 0 Å². The van der Waals surface area contributed by atoms with Crippen LogP contribution in [0.5, 0.6) is 0 Å². The number of allylic oxidation sites excluding steroid dienone is 1. The molecule has 0 saturated carbocycles. The van der Waals surface area contributed by atoms with Gasteiger partial charge in [0.15, 0.2) is 0 Å². The molecular weight excluding hydrogens is 412 g/mol. The number of hydrogen-bond donors (Lipinski definition) is 2. The number of hydrogen-bond acceptors (Lipinski definition) is 4. The smallest absolute Gasteiger partial charge is 0.255 e. The fourth-order valence-corrected chi connectivity index (χ4v) is 4.64. The van der Waals surface area contributed by atoms with Crippen molar-refractivity contribution in [2.75, 3.05) is 24.3 Å². The maximum absolute atomic E-state index is 12.9. The van der Waals surface area contributed by atoms with Crippen LogP contribution in [0, 0.1) is 0 Å². The fourth-order valence-electron chi connectivity index (χ4n) is 4.64. The second-order valence-corrected chi connectivity index (χ2v) is 9.07. The lowest BCUT2D eigenvalue weighted by atomic mass is 10.0. The van der Waals surface area contributed by atoms with Gasteiger partial charge in [0.25, 0.3) is 5.91 Å². The lowest BCUT2D eigenvalue weighted by Crippen LogP contribution is -2.49. The summed E-state index contributed by atoms with van der Waals surface area (Å²) in [7, 11) is 4.09. The summed E-state index contributed by atoms with van der Waals surface area (Å²) in [5.74, 6) is -0.212. The molecule has 2 amide bonds. The maximum Gasteiger partial charge on any atom is 0.255 e. The van der Waals surface area contributed by atoms with E-state index in [0.29, 0.717) is 31.5 Å². The Morgan fingerprint density at radius 2 is 1.85 bits per heavy atom. The van der Waals surface area contributed by atoms with Crippen LogP contribution in [-0.4, -0.2) is 36.9 Å². The summed E-state index contributed by atoms with van der Waals surface area (Å²) in [6.07, 6.45) is 1.32. The molecule has 0 aromatic heterocycles. The Balaban J connectivity index is 1.28. The van der Waals surface area contributed by atoms with Crippen LogP contribution in [0.15, 0.2) is 66.9 Å². The summed E-state index contributed by atoms with van der Waals surface area (Å²) in [4.78, 5) is 29.1. The molecular formula is C27H28N4O2. The number of amides is 2. The molecule has 0 bridgehead atoms. The predicted molar refractivity (Wildman–Crippen MR) is 132 cm³/mol. The molecule has 3 aromatic carbocycles. The summed E-state index contributed by atoms with van der Waals surface area (Å²) >= 11 is 0. The van der Waals surface area contributed by atoms with E-state index in [1.807, 2.05) is 32.3 Å². The molecule has 1 atom stereocenters. The molecule has 1 fully saturated rings. The van der Waals surface area contributed by atoms with Crippen molar-refractivity contribution >= 4 is 34.0 Å². The van der Waals surface area contributed by atoms with E-state index >= 15 is 0 Å². The maximum atomic E-state index is 12.9. The normalized spacial score (nSPS) is 17.8. The summed E-state index contributed by atoms with van der Waals surface area (Å²) < 4.78 is 0. The first kappa shape index (κ1) is 21.1. The first-order valence-corrected chi connectivity index (χ1v) is 11.3. The molecule has 0 radical (unpaired) electrons. The topological polar surface area (TPSA) is 64.7 Å². The van der Waals surface area contributed by atoms with E-state index in [-0.39, 0.29) is 11.8 Å². The predicted octanol–water partition coefficient (Wildman–Crippen LogP) is 4.27. The van der Waals surface area contributed by atoms with Crippen LogP contribution in [-0.2, 0) is 17.9 Å². The lowest BCUT2D eigenvalue weighted by Gasteiger charge is -2.30. The third-order valence-electron chi connectivity index (χ3n) is 6.54. The van der Waals surface area contributed by atoms with Gasteiger partial charge in [-0.1, -0.05) is 24.8 Å². The van der Waals surface area contributed by atoms with Crippen LogP contribution in [0.4, 0.5) is 11.4 Å². The van der Waals surface area contributed by atoms with E-state index in [1.54, 1.807) is 4.90 Å². The number of piperidine rings is 1. The zero-order valence-electron chi connectivity index (χ0n) is 19.0. The second-order valence-electron chi connectivity index (χ2n) is 9.07. The zero-order valence-corrected chi connectivity index (χ0v) is 19.0. The van der Waals surface area contributed by atoms with Crippen molar-refractivity contribution in [3.05, 3.63) is 83.6 Å². The minimum atomic E-state index is -0.433. The number of nitrogens with zero attached hydrogens (tertiary/aromatic N) is 2. The van der Waals surface area contributed by atoms with Crippen LogP contribution >= 0.6 is 0 Å². The average Bonchev–Trinajstić information content (AvgIpc) is 3.12. The standard InChI is InChI=1S/C27H28N4O2/c1-17-4-11-25(26(32)29-17)31-16-21-13-22(8-10-24(21)27(31)33)28-15-18-5-6-20-14-23(30(2)3)9-7-19(20)12-18/h5-10,12-14,25,28H,1,4,11,15-16H2,2-3H3,(H,29,32). The Kier molecular flexibility index (Phi) is 5.29. The van der Waals surface area contributed by atoms with E-state index in [9.17, 15) is 9.59 Å². The highest BCUT2D eigenvalue weighted by atomic mass is 16.2. The van der Waals surface area contributed by atoms with Crippen molar-refractivity contribution in [1.29, 1.82) is 0 Å². The van der Waals surface area contributed by atoms with Crippen LogP contribution in [0.25, 0.3) is 10.8 Å². The second kappa shape index (κ2) is 8.28. The van der Waals surface area contributed by atoms with Crippen LogP contribution < -0.4 is 15.5 Å². The highest BCUT2D eigenvalue weighted by Gasteiger charge is 2.38. The SMILES string of the molecule is C=C1CCC(N2Cc3cc(NCc4ccc5cc(N(C)C)ccc5c4)ccc3C2=O)C(=O)N1. The fraction of sp³-hybridized carbons (Fsp3) is 0.259. The van der Waals surface area contributed by atoms with Gasteiger partial charge in [0.05, 0.1) is 0 Å².